The third kappa shape index (κ3) is 1.67. The van der Waals surface area contributed by atoms with Crippen LogP contribution in [0.5, 0.6) is 0 Å². The Hall–Kier alpha value is -1.84. The molecule has 0 radical (unpaired) electrons. The molecule has 2 atom stereocenters. The summed E-state index contributed by atoms with van der Waals surface area (Å²) in [5.41, 5.74) is 3.52. The van der Waals surface area contributed by atoms with Gasteiger partial charge in [-0.2, -0.15) is 0 Å². The lowest BCUT2D eigenvalue weighted by atomic mass is 9.70. The summed E-state index contributed by atoms with van der Waals surface area (Å²) in [7, 11) is 1.99. The fourth-order valence-electron chi connectivity index (χ4n) is 5.01. The van der Waals surface area contributed by atoms with Crippen LogP contribution in [-0.2, 0) is 19.0 Å². The summed E-state index contributed by atoms with van der Waals surface area (Å²) in [6.45, 7) is 7.40. The second kappa shape index (κ2) is 4.37. The highest BCUT2D eigenvalue weighted by molar-refractivity contribution is 5.45. The molecule has 0 aliphatic heterocycles. The largest absolute Gasteiger partial charge is 0.289 e. The Morgan fingerprint density at radius 3 is 2.48 bits per heavy atom. The van der Waals surface area contributed by atoms with Crippen LogP contribution in [0.3, 0.4) is 0 Å². The zero-order valence-corrected chi connectivity index (χ0v) is 14.2. The van der Waals surface area contributed by atoms with E-state index < -0.39 is 0 Å². The smallest absolute Gasteiger partial charge is 0.270 e. The van der Waals surface area contributed by atoms with Crippen molar-refractivity contribution < 1.29 is 4.39 Å². The van der Waals surface area contributed by atoms with E-state index in [2.05, 4.69) is 25.5 Å². The average Bonchev–Trinajstić information content (AvgIpc) is 2.95. The van der Waals surface area contributed by atoms with E-state index in [1.807, 2.05) is 11.7 Å². The summed E-state index contributed by atoms with van der Waals surface area (Å²) in [5, 5.41) is 0. The van der Waals surface area contributed by atoms with Gasteiger partial charge in [0.1, 0.15) is 5.82 Å². The maximum atomic E-state index is 13.1. The lowest BCUT2D eigenvalue weighted by molar-refractivity contribution is 0.215. The van der Waals surface area contributed by atoms with Crippen molar-refractivity contribution >= 4 is 0 Å². The van der Waals surface area contributed by atoms with Gasteiger partial charge in [0, 0.05) is 18.0 Å². The number of fused-ring (bicyclic) bond motifs is 5. The molecule has 2 aliphatic rings. The Balaban J connectivity index is 1.84. The number of aromatic nitrogens is 2. The fraction of sp³-hybridized carbons (Fsp3) is 0.526. The molecule has 4 heteroatoms. The van der Waals surface area contributed by atoms with Crippen molar-refractivity contribution in [2.75, 3.05) is 0 Å². The highest BCUT2D eigenvalue weighted by Crippen LogP contribution is 2.66. The Morgan fingerprint density at radius 1 is 1.22 bits per heavy atom. The first-order valence-electron chi connectivity index (χ1n) is 8.32. The molecule has 3 nitrogen and oxygen atoms in total. The van der Waals surface area contributed by atoms with Crippen molar-refractivity contribution in [3.05, 3.63) is 57.3 Å². The van der Waals surface area contributed by atoms with Gasteiger partial charge in [0.05, 0.1) is 12.2 Å². The van der Waals surface area contributed by atoms with Crippen LogP contribution in [-0.4, -0.2) is 9.36 Å². The van der Waals surface area contributed by atoms with Crippen LogP contribution in [0.2, 0.25) is 0 Å². The summed E-state index contributed by atoms with van der Waals surface area (Å²) in [4.78, 5) is 13.0. The standard InChI is InChI=1S/C19H23FN2O/c1-18(2)14-9-10-19(18,3)16-15(14)17(23)22(21(16)4)11-12-5-7-13(20)8-6-12/h5-8,14H,9-11H2,1-4H3. The molecular formula is C19H23FN2O. The fourth-order valence-corrected chi connectivity index (χ4v) is 5.01. The molecule has 0 amide bonds. The first-order chi connectivity index (χ1) is 10.8. The maximum Gasteiger partial charge on any atom is 0.270 e. The molecule has 2 aliphatic carbocycles. The van der Waals surface area contributed by atoms with E-state index in [1.165, 1.54) is 17.8 Å². The zero-order valence-electron chi connectivity index (χ0n) is 14.2. The molecule has 4 rings (SSSR count). The van der Waals surface area contributed by atoms with Gasteiger partial charge in [-0.05, 0) is 41.9 Å². The van der Waals surface area contributed by atoms with Crippen LogP contribution < -0.4 is 5.56 Å². The predicted molar refractivity (Wildman–Crippen MR) is 88.3 cm³/mol. The van der Waals surface area contributed by atoms with Crippen molar-refractivity contribution in [1.82, 2.24) is 9.36 Å². The van der Waals surface area contributed by atoms with E-state index in [0.717, 1.165) is 24.0 Å². The van der Waals surface area contributed by atoms with E-state index in [9.17, 15) is 9.18 Å². The summed E-state index contributed by atoms with van der Waals surface area (Å²) in [6, 6.07) is 6.40. The van der Waals surface area contributed by atoms with Crippen LogP contribution in [0.4, 0.5) is 4.39 Å². The van der Waals surface area contributed by atoms with E-state index in [4.69, 9.17) is 0 Å². The quantitative estimate of drug-likeness (QED) is 0.833. The van der Waals surface area contributed by atoms with Gasteiger partial charge in [0.25, 0.3) is 5.56 Å². The van der Waals surface area contributed by atoms with Crippen molar-refractivity contribution in [3.8, 4) is 0 Å². The number of hydrogen-bond donors (Lipinski definition) is 0. The second-order valence-corrected chi connectivity index (χ2v) is 7.92. The topological polar surface area (TPSA) is 26.9 Å². The van der Waals surface area contributed by atoms with Gasteiger partial charge in [-0.25, -0.2) is 9.07 Å². The number of hydrogen-bond acceptors (Lipinski definition) is 1. The molecule has 1 aromatic carbocycles. The lowest BCUT2D eigenvalue weighted by Crippen LogP contribution is -2.35. The number of benzene rings is 1. The Labute approximate surface area is 135 Å². The molecule has 1 fully saturated rings. The minimum atomic E-state index is -0.247. The van der Waals surface area contributed by atoms with Crippen molar-refractivity contribution in [2.24, 2.45) is 12.5 Å². The van der Waals surface area contributed by atoms with Gasteiger partial charge in [-0.1, -0.05) is 32.9 Å². The Morgan fingerprint density at radius 2 is 1.87 bits per heavy atom. The molecule has 0 saturated heterocycles. The molecule has 1 heterocycles. The molecule has 23 heavy (non-hydrogen) atoms. The number of nitrogens with zero attached hydrogens (tertiary/aromatic N) is 2. The molecule has 2 unspecified atom stereocenters. The van der Waals surface area contributed by atoms with Gasteiger partial charge in [-0.3, -0.25) is 9.48 Å². The minimum absolute atomic E-state index is 0.0644. The van der Waals surface area contributed by atoms with Gasteiger partial charge in [-0.15, -0.1) is 0 Å². The molecule has 2 aromatic rings. The molecule has 0 spiro atoms. The van der Waals surface area contributed by atoms with Gasteiger partial charge in [0.2, 0.25) is 0 Å². The first-order valence-corrected chi connectivity index (χ1v) is 8.32. The van der Waals surface area contributed by atoms with Crippen LogP contribution >= 0.6 is 0 Å². The molecular weight excluding hydrogens is 291 g/mol. The Kier molecular flexibility index (Phi) is 2.80. The molecule has 0 N–H and O–H groups in total. The molecule has 2 bridgehead atoms. The monoisotopic (exact) mass is 314 g/mol. The van der Waals surface area contributed by atoms with E-state index in [-0.39, 0.29) is 22.2 Å². The third-order valence-corrected chi connectivity index (χ3v) is 6.75. The maximum absolute atomic E-state index is 13.1. The normalized spacial score (nSPS) is 27.4. The van der Waals surface area contributed by atoms with Crippen LogP contribution in [0.15, 0.2) is 29.1 Å². The molecule has 122 valence electrons. The molecule has 1 saturated carbocycles. The van der Waals surface area contributed by atoms with Crippen LogP contribution in [0.25, 0.3) is 0 Å². The van der Waals surface area contributed by atoms with Gasteiger partial charge >= 0.3 is 0 Å². The number of halogens is 1. The highest BCUT2D eigenvalue weighted by atomic mass is 19.1. The predicted octanol–water partition coefficient (Wildman–Crippen LogP) is 3.55. The lowest BCUT2D eigenvalue weighted by Gasteiger charge is -2.36. The van der Waals surface area contributed by atoms with Crippen molar-refractivity contribution in [3.63, 3.8) is 0 Å². The molecule has 1 aromatic heterocycles. The Bertz CT molecular complexity index is 843. The minimum Gasteiger partial charge on any atom is -0.289 e. The van der Waals surface area contributed by atoms with E-state index in [1.54, 1.807) is 12.1 Å². The van der Waals surface area contributed by atoms with Crippen LogP contribution in [0.1, 0.15) is 56.4 Å². The summed E-state index contributed by atoms with van der Waals surface area (Å²) in [5.74, 6) is 0.110. The van der Waals surface area contributed by atoms with E-state index in [0.29, 0.717) is 12.5 Å². The SMILES string of the molecule is Cn1c2c(c(=O)n1Cc1ccc(F)cc1)C1CCC2(C)C1(C)C. The average molecular weight is 314 g/mol. The van der Waals surface area contributed by atoms with Gasteiger partial charge < -0.3 is 0 Å². The summed E-state index contributed by atoms with van der Waals surface area (Å²) >= 11 is 0. The zero-order chi connectivity index (χ0) is 16.6. The first kappa shape index (κ1) is 14.7. The van der Waals surface area contributed by atoms with Crippen LogP contribution in [0, 0.1) is 11.2 Å². The van der Waals surface area contributed by atoms with Crippen molar-refractivity contribution in [2.45, 2.75) is 51.5 Å². The highest BCUT2D eigenvalue weighted by Gasteiger charge is 2.62. The van der Waals surface area contributed by atoms with Gasteiger partial charge in [0.15, 0.2) is 0 Å². The summed E-state index contributed by atoms with van der Waals surface area (Å²) in [6.07, 6.45) is 2.25. The summed E-state index contributed by atoms with van der Waals surface area (Å²) < 4.78 is 17.0. The third-order valence-electron chi connectivity index (χ3n) is 6.75. The second-order valence-electron chi connectivity index (χ2n) is 7.92. The van der Waals surface area contributed by atoms with Crippen molar-refractivity contribution in [1.29, 1.82) is 0 Å². The number of rotatable bonds is 2. The van der Waals surface area contributed by atoms with E-state index >= 15 is 0 Å².